The lowest BCUT2D eigenvalue weighted by Crippen LogP contribution is -2.30. The summed E-state index contributed by atoms with van der Waals surface area (Å²) in [6, 6.07) is 7.03. The molecule has 2 aliphatic rings. The van der Waals surface area contributed by atoms with E-state index < -0.39 is 15.6 Å². The number of fused-ring (bicyclic) bond motifs is 5. The molecule has 1 amide bonds. The maximum absolute atomic E-state index is 12.6. The van der Waals surface area contributed by atoms with Crippen LogP contribution >= 0.6 is 0 Å². The number of carbonyl (C=O) groups excluding carboxylic acids is 1. The Morgan fingerprint density at radius 3 is 2.76 bits per heavy atom. The van der Waals surface area contributed by atoms with E-state index in [0.29, 0.717) is 16.7 Å². The summed E-state index contributed by atoms with van der Waals surface area (Å²) in [5.41, 5.74) is 3.92. The highest BCUT2D eigenvalue weighted by molar-refractivity contribution is 7.95. The van der Waals surface area contributed by atoms with Crippen LogP contribution in [0.1, 0.15) is 63.8 Å². The number of aryl methyl sites for hydroxylation is 2. The molecule has 3 unspecified atom stereocenters. The van der Waals surface area contributed by atoms with Crippen LogP contribution in [0.2, 0.25) is 0 Å². The first-order valence-corrected chi connectivity index (χ1v) is 11.5. The van der Waals surface area contributed by atoms with Crippen molar-refractivity contribution in [3.05, 3.63) is 74.1 Å². The molecule has 6 nitrogen and oxygen atoms in total. The molecule has 0 spiro atoms. The number of carbonyl (C=O) groups is 1. The van der Waals surface area contributed by atoms with Gasteiger partial charge in [0.25, 0.3) is 11.5 Å². The molecular formula is C22H25N3O3S. The number of hydrogen-bond donors (Lipinski definition) is 3. The van der Waals surface area contributed by atoms with Gasteiger partial charge in [0.2, 0.25) is 0 Å². The summed E-state index contributed by atoms with van der Waals surface area (Å²) in [6.45, 7) is 3.97. The Bertz CT molecular complexity index is 1180. The van der Waals surface area contributed by atoms with Gasteiger partial charge in [-0.3, -0.25) is 9.59 Å². The fourth-order valence-corrected chi connectivity index (χ4v) is 5.49. The molecule has 1 fully saturated rings. The largest absolute Gasteiger partial charge is 0.348 e. The van der Waals surface area contributed by atoms with Crippen molar-refractivity contribution in [3.63, 3.8) is 0 Å². The second-order valence-electron chi connectivity index (χ2n) is 8.02. The number of aromatic nitrogens is 1. The van der Waals surface area contributed by atoms with Crippen molar-refractivity contribution < 1.29 is 9.00 Å². The van der Waals surface area contributed by atoms with Crippen LogP contribution in [0.15, 0.2) is 45.4 Å². The van der Waals surface area contributed by atoms with Crippen LogP contribution in [-0.4, -0.2) is 21.6 Å². The number of amides is 1. The number of hydrogen-bond acceptors (Lipinski definition) is 4. The van der Waals surface area contributed by atoms with E-state index in [1.165, 1.54) is 11.5 Å². The number of benzene rings is 1. The van der Waals surface area contributed by atoms with Gasteiger partial charge in [0.05, 0.1) is 14.6 Å². The number of aromatic amines is 1. The molecule has 0 saturated heterocycles. The third-order valence-corrected chi connectivity index (χ3v) is 7.66. The molecule has 7 heteroatoms. The number of rotatable bonds is 5. The van der Waals surface area contributed by atoms with Crippen molar-refractivity contribution in [2.24, 2.45) is 0 Å². The Labute approximate surface area is 170 Å². The summed E-state index contributed by atoms with van der Waals surface area (Å²) in [7, 11) is -3.08. The van der Waals surface area contributed by atoms with Crippen LogP contribution in [0.25, 0.3) is 0 Å². The second-order valence-corrected chi connectivity index (χ2v) is 9.96. The Hall–Kier alpha value is -2.67. The number of H-pyrrole nitrogens is 1. The molecule has 3 N–H and O–H groups in total. The lowest BCUT2D eigenvalue weighted by molar-refractivity contribution is 0.0956. The van der Waals surface area contributed by atoms with E-state index in [1.807, 2.05) is 19.9 Å². The lowest BCUT2D eigenvalue weighted by atomic mass is 9.95. The standard InChI is InChI=1S/C22H25N3O3S/c1-13-4-7-17(10-14(13)2)29(23,28)9-3-8-24-21(26)19-12-18-15-5-6-16(11-15)20(18)25-22(19)27/h3-4,7,9-10,12,15-16,23H,5-6,8,11H2,1-2H3,(H,24,26)(H,25,27)/b9-3+. The normalized spacial score (nSPS) is 21.9. The van der Waals surface area contributed by atoms with Crippen molar-refractivity contribution in [3.8, 4) is 0 Å². The van der Waals surface area contributed by atoms with Crippen molar-refractivity contribution in [2.75, 3.05) is 6.54 Å². The average molecular weight is 412 g/mol. The van der Waals surface area contributed by atoms with Gasteiger partial charge in [0, 0.05) is 17.6 Å². The Kier molecular flexibility index (Phi) is 4.94. The second kappa shape index (κ2) is 7.30. The maximum atomic E-state index is 12.6. The highest BCUT2D eigenvalue weighted by atomic mass is 32.2. The topological polar surface area (TPSA) is 103 Å². The van der Waals surface area contributed by atoms with Crippen molar-refractivity contribution in [1.82, 2.24) is 10.3 Å². The van der Waals surface area contributed by atoms with Crippen molar-refractivity contribution in [2.45, 2.75) is 49.8 Å². The third kappa shape index (κ3) is 3.67. The first-order valence-electron chi connectivity index (χ1n) is 9.84. The van der Waals surface area contributed by atoms with Gasteiger partial charge in [-0.2, -0.15) is 0 Å². The molecule has 3 atom stereocenters. The van der Waals surface area contributed by atoms with Crippen LogP contribution < -0.4 is 10.9 Å². The summed E-state index contributed by atoms with van der Waals surface area (Å²) in [5, 5.41) is 3.97. The van der Waals surface area contributed by atoms with E-state index in [2.05, 4.69) is 10.3 Å². The summed E-state index contributed by atoms with van der Waals surface area (Å²) in [6.07, 6.45) is 4.79. The van der Waals surface area contributed by atoms with Crippen molar-refractivity contribution >= 4 is 15.6 Å². The van der Waals surface area contributed by atoms with Gasteiger partial charge in [0.1, 0.15) is 5.56 Å². The van der Waals surface area contributed by atoms with Crippen LogP contribution in [-0.2, 0) is 9.73 Å². The van der Waals surface area contributed by atoms with Crippen molar-refractivity contribution in [1.29, 1.82) is 4.78 Å². The lowest BCUT2D eigenvalue weighted by Gasteiger charge is -2.15. The predicted molar refractivity (Wildman–Crippen MR) is 113 cm³/mol. The molecule has 1 heterocycles. The molecule has 152 valence electrons. The molecule has 1 aromatic carbocycles. The van der Waals surface area contributed by atoms with Gasteiger partial charge >= 0.3 is 0 Å². The van der Waals surface area contributed by atoms with Gasteiger partial charge in [0.15, 0.2) is 0 Å². The highest BCUT2D eigenvalue weighted by Crippen LogP contribution is 2.51. The molecule has 29 heavy (non-hydrogen) atoms. The molecule has 2 aromatic rings. The van der Waals surface area contributed by atoms with Gasteiger partial charge in [-0.15, -0.1) is 0 Å². The minimum Gasteiger partial charge on any atom is -0.348 e. The predicted octanol–water partition coefficient (Wildman–Crippen LogP) is 3.71. The fourth-order valence-electron chi connectivity index (χ4n) is 4.34. The minimum atomic E-state index is -3.08. The summed E-state index contributed by atoms with van der Waals surface area (Å²) in [4.78, 5) is 28.1. The molecule has 2 aliphatic carbocycles. The molecule has 2 bridgehead atoms. The first-order chi connectivity index (χ1) is 13.8. The number of pyridine rings is 1. The highest BCUT2D eigenvalue weighted by Gasteiger charge is 2.38. The fraction of sp³-hybridized carbons (Fsp3) is 0.364. The molecule has 0 radical (unpaired) electrons. The Morgan fingerprint density at radius 1 is 1.24 bits per heavy atom. The van der Waals surface area contributed by atoms with E-state index in [0.717, 1.165) is 41.6 Å². The van der Waals surface area contributed by atoms with E-state index >= 15 is 0 Å². The van der Waals surface area contributed by atoms with E-state index in [4.69, 9.17) is 4.78 Å². The van der Waals surface area contributed by atoms with Crippen LogP contribution in [0.4, 0.5) is 0 Å². The minimum absolute atomic E-state index is 0.0993. The molecule has 1 aromatic heterocycles. The summed E-state index contributed by atoms with van der Waals surface area (Å²) >= 11 is 0. The van der Waals surface area contributed by atoms with E-state index in [9.17, 15) is 13.8 Å². The van der Waals surface area contributed by atoms with Crippen LogP contribution in [0.3, 0.4) is 0 Å². The zero-order valence-electron chi connectivity index (χ0n) is 16.6. The molecular weight excluding hydrogens is 386 g/mol. The molecule has 1 saturated carbocycles. The van der Waals surface area contributed by atoms with E-state index in [1.54, 1.807) is 18.2 Å². The van der Waals surface area contributed by atoms with Gasteiger partial charge < -0.3 is 10.3 Å². The molecule has 0 aliphatic heterocycles. The summed E-state index contributed by atoms with van der Waals surface area (Å²) < 4.78 is 20.8. The maximum Gasteiger partial charge on any atom is 0.261 e. The Morgan fingerprint density at radius 2 is 2.00 bits per heavy atom. The zero-order chi connectivity index (χ0) is 20.8. The smallest absolute Gasteiger partial charge is 0.261 e. The first kappa shape index (κ1) is 19.6. The van der Waals surface area contributed by atoms with Gasteiger partial charge in [-0.1, -0.05) is 12.1 Å². The average Bonchev–Trinajstić information content (AvgIpc) is 3.28. The number of nitrogens with one attached hydrogen (secondary N) is 3. The van der Waals surface area contributed by atoms with Gasteiger partial charge in [-0.25, -0.2) is 8.99 Å². The van der Waals surface area contributed by atoms with E-state index in [-0.39, 0.29) is 17.7 Å². The van der Waals surface area contributed by atoms with Crippen LogP contribution in [0, 0.1) is 18.6 Å². The summed E-state index contributed by atoms with van der Waals surface area (Å²) in [5.74, 6) is 0.423. The zero-order valence-corrected chi connectivity index (χ0v) is 17.4. The SMILES string of the molecule is Cc1ccc(S(=N)(=O)/C=C/CNC(=O)c2cc3c([nH]c2=O)C2CCC3C2)cc1C. The quantitative estimate of drug-likeness (QED) is 0.699. The van der Waals surface area contributed by atoms with Crippen LogP contribution in [0.5, 0.6) is 0 Å². The Balaban J connectivity index is 1.43. The van der Waals surface area contributed by atoms with Gasteiger partial charge in [-0.05, 0) is 79.8 Å². The molecule has 4 rings (SSSR count). The monoisotopic (exact) mass is 411 g/mol. The third-order valence-electron chi connectivity index (χ3n) is 6.13.